The Morgan fingerprint density at radius 2 is 2.09 bits per heavy atom. The monoisotopic (exact) mass is 252 g/mol. The Labute approximate surface area is 84.6 Å². The fraction of sp³-hybridized carbons (Fsp3) is 0.250. The summed E-state index contributed by atoms with van der Waals surface area (Å²) < 4.78 is 0. The van der Waals surface area contributed by atoms with Gasteiger partial charge in [0.05, 0.1) is 0 Å². The third-order valence-electron chi connectivity index (χ3n) is 1.41. The maximum absolute atomic E-state index is 5.88. The lowest BCUT2D eigenvalue weighted by Gasteiger charge is -2.01. The molecule has 0 unspecified atom stereocenters. The highest BCUT2D eigenvalue weighted by Gasteiger charge is 1.98. The smallest absolute Gasteiger partial charge is 0.0474 e. The van der Waals surface area contributed by atoms with E-state index in [0.717, 1.165) is 21.5 Å². The van der Waals surface area contributed by atoms with Gasteiger partial charge in [0.15, 0.2) is 0 Å². The zero-order valence-electron chi connectivity index (χ0n) is 5.78. The SMILES string of the molecule is ClCc1ccc(Cl)c(CBr)c1. The van der Waals surface area contributed by atoms with Gasteiger partial charge in [-0.1, -0.05) is 39.7 Å². The molecular weight excluding hydrogens is 247 g/mol. The van der Waals surface area contributed by atoms with E-state index in [9.17, 15) is 0 Å². The van der Waals surface area contributed by atoms with Crippen molar-refractivity contribution in [2.45, 2.75) is 11.2 Å². The molecule has 0 bridgehead atoms. The minimum absolute atomic E-state index is 0.539. The van der Waals surface area contributed by atoms with Crippen molar-refractivity contribution in [1.29, 1.82) is 0 Å². The molecular formula is C8H7BrCl2. The van der Waals surface area contributed by atoms with Crippen LogP contribution in [0.15, 0.2) is 18.2 Å². The molecule has 60 valence electrons. The first-order valence-corrected chi connectivity index (χ1v) is 5.20. The molecule has 0 nitrogen and oxygen atoms in total. The second kappa shape index (κ2) is 4.34. The van der Waals surface area contributed by atoms with Crippen molar-refractivity contribution in [1.82, 2.24) is 0 Å². The zero-order valence-corrected chi connectivity index (χ0v) is 8.88. The van der Waals surface area contributed by atoms with Gasteiger partial charge in [0.2, 0.25) is 0 Å². The molecule has 1 aromatic rings. The van der Waals surface area contributed by atoms with Crippen LogP contribution in [0.4, 0.5) is 0 Å². The Bertz CT molecular complexity index is 248. The van der Waals surface area contributed by atoms with Gasteiger partial charge in [-0.25, -0.2) is 0 Å². The quantitative estimate of drug-likeness (QED) is 0.700. The molecule has 0 saturated carbocycles. The second-order valence-electron chi connectivity index (χ2n) is 2.19. The molecule has 0 aliphatic carbocycles. The van der Waals surface area contributed by atoms with Crippen molar-refractivity contribution in [3.05, 3.63) is 34.3 Å². The highest BCUT2D eigenvalue weighted by atomic mass is 79.9. The van der Waals surface area contributed by atoms with E-state index in [1.165, 1.54) is 0 Å². The first-order chi connectivity index (χ1) is 5.27. The van der Waals surface area contributed by atoms with Crippen LogP contribution < -0.4 is 0 Å². The van der Waals surface area contributed by atoms with Gasteiger partial charge < -0.3 is 0 Å². The molecule has 0 atom stereocenters. The highest BCUT2D eigenvalue weighted by molar-refractivity contribution is 9.08. The summed E-state index contributed by atoms with van der Waals surface area (Å²) in [4.78, 5) is 0. The average molecular weight is 254 g/mol. The zero-order chi connectivity index (χ0) is 8.27. The Morgan fingerprint density at radius 1 is 1.36 bits per heavy atom. The largest absolute Gasteiger partial charge is 0.122 e. The molecule has 0 radical (unpaired) electrons. The molecule has 0 amide bonds. The summed E-state index contributed by atoms with van der Waals surface area (Å²) in [6.07, 6.45) is 0. The fourth-order valence-corrected chi connectivity index (χ4v) is 1.79. The second-order valence-corrected chi connectivity index (χ2v) is 3.43. The van der Waals surface area contributed by atoms with E-state index in [1.54, 1.807) is 0 Å². The van der Waals surface area contributed by atoms with Crippen LogP contribution in [0.3, 0.4) is 0 Å². The van der Waals surface area contributed by atoms with E-state index in [0.29, 0.717) is 5.88 Å². The molecule has 0 aliphatic rings. The summed E-state index contributed by atoms with van der Waals surface area (Å²) >= 11 is 14.9. The van der Waals surface area contributed by atoms with Crippen LogP contribution in [0, 0.1) is 0 Å². The van der Waals surface area contributed by atoms with Crippen molar-refractivity contribution >= 4 is 39.1 Å². The molecule has 0 saturated heterocycles. The first kappa shape index (κ1) is 9.37. The van der Waals surface area contributed by atoms with Crippen LogP contribution in [0.1, 0.15) is 11.1 Å². The normalized spacial score (nSPS) is 10.1. The first-order valence-electron chi connectivity index (χ1n) is 3.17. The van der Waals surface area contributed by atoms with Gasteiger partial charge in [0, 0.05) is 16.2 Å². The third-order valence-corrected chi connectivity index (χ3v) is 2.69. The minimum Gasteiger partial charge on any atom is -0.122 e. The van der Waals surface area contributed by atoms with E-state index in [4.69, 9.17) is 23.2 Å². The van der Waals surface area contributed by atoms with E-state index >= 15 is 0 Å². The van der Waals surface area contributed by atoms with Gasteiger partial charge >= 0.3 is 0 Å². The number of halogens is 3. The number of hydrogen-bond donors (Lipinski definition) is 0. The molecule has 0 aromatic heterocycles. The van der Waals surface area contributed by atoms with E-state index < -0.39 is 0 Å². The molecule has 1 aromatic carbocycles. The summed E-state index contributed by atoms with van der Waals surface area (Å²) in [5.41, 5.74) is 2.19. The Kier molecular flexibility index (Phi) is 3.70. The standard InChI is InChI=1S/C8H7BrCl2/c9-4-7-3-6(5-10)1-2-8(7)11/h1-3H,4-5H2. The van der Waals surface area contributed by atoms with Crippen LogP contribution >= 0.6 is 39.1 Å². The lowest BCUT2D eigenvalue weighted by molar-refractivity contribution is 1.33. The number of hydrogen-bond acceptors (Lipinski definition) is 0. The summed E-state index contributed by atoms with van der Waals surface area (Å²) in [6, 6.07) is 5.81. The molecule has 11 heavy (non-hydrogen) atoms. The highest BCUT2D eigenvalue weighted by Crippen LogP contribution is 2.20. The maximum Gasteiger partial charge on any atom is 0.0474 e. The van der Waals surface area contributed by atoms with Crippen molar-refractivity contribution in [3.63, 3.8) is 0 Å². The summed E-state index contributed by atoms with van der Waals surface area (Å²) in [5, 5.41) is 1.56. The number of alkyl halides is 2. The van der Waals surface area contributed by atoms with Crippen molar-refractivity contribution in [2.24, 2.45) is 0 Å². The Balaban J connectivity index is 3.02. The number of rotatable bonds is 2. The fourth-order valence-electron chi connectivity index (χ4n) is 0.814. The van der Waals surface area contributed by atoms with E-state index in [1.807, 2.05) is 18.2 Å². The minimum atomic E-state index is 0.539. The summed E-state index contributed by atoms with van der Waals surface area (Å²) in [6.45, 7) is 0. The lowest BCUT2D eigenvalue weighted by Crippen LogP contribution is -1.83. The Morgan fingerprint density at radius 3 is 2.64 bits per heavy atom. The summed E-state index contributed by atoms with van der Waals surface area (Å²) in [5.74, 6) is 0.539. The topological polar surface area (TPSA) is 0 Å². The van der Waals surface area contributed by atoms with Gasteiger partial charge in [-0.3, -0.25) is 0 Å². The summed E-state index contributed by atoms with van der Waals surface area (Å²) in [7, 11) is 0. The number of benzene rings is 1. The van der Waals surface area contributed by atoms with Gasteiger partial charge in [-0.05, 0) is 17.2 Å². The Hall–Kier alpha value is 0.280. The van der Waals surface area contributed by atoms with Crippen LogP contribution in [0.2, 0.25) is 5.02 Å². The predicted molar refractivity (Wildman–Crippen MR) is 53.6 cm³/mol. The van der Waals surface area contributed by atoms with Crippen LogP contribution in [-0.2, 0) is 11.2 Å². The molecule has 0 N–H and O–H groups in total. The molecule has 0 spiro atoms. The van der Waals surface area contributed by atoms with Crippen LogP contribution in [0.25, 0.3) is 0 Å². The molecule has 1 rings (SSSR count). The van der Waals surface area contributed by atoms with E-state index in [2.05, 4.69) is 15.9 Å². The maximum atomic E-state index is 5.88. The van der Waals surface area contributed by atoms with Gasteiger partial charge in [0.25, 0.3) is 0 Å². The van der Waals surface area contributed by atoms with Gasteiger partial charge in [-0.15, -0.1) is 11.6 Å². The third kappa shape index (κ3) is 2.36. The van der Waals surface area contributed by atoms with Gasteiger partial charge in [0.1, 0.15) is 0 Å². The van der Waals surface area contributed by atoms with Crippen LogP contribution in [0.5, 0.6) is 0 Å². The van der Waals surface area contributed by atoms with Crippen molar-refractivity contribution in [2.75, 3.05) is 0 Å². The van der Waals surface area contributed by atoms with Crippen molar-refractivity contribution in [3.8, 4) is 0 Å². The molecule has 3 heteroatoms. The molecule has 0 aliphatic heterocycles. The predicted octanol–water partition coefficient (Wildman–Crippen LogP) is 3.97. The molecule has 0 heterocycles. The lowest BCUT2D eigenvalue weighted by atomic mass is 10.2. The average Bonchev–Trinajstić information content (AvgIpc) is 2.05. The molecule has 0 fully saturated rings. The van der Waals surface area contributed by atoms with Crippen LogP contribution in [-0.4, -0.2) is 0 Å². The van der Waals surface area contributed by atoms with Gasteiger partial charge in [-0.2, -0.15) is 0 Å². The van der Waals surface area contributed by atoms with Crippen molar-refractivity contribution < 1.29 is 0 Å². The van der Waals surface area contributed by atoms with E-state index in [-0.39, 0.29) is 0 Å².